The minimum atomic E-state index is -0.603. The van der Waals surface area contributed by atoms with Crippen LogP contribution in [0, 0.1) is 29.6 Å². The molecule has 3 aliphatic carbocycles. The van der Waals surface area contributed by atoms with Gasteiger partial charge in [0.25, 0.3) is 0 Å². The fraction of sp³-hybridized carbons (Fsp3) is 0.692. The predicted molar refractivity (Wildman–Crippen MR) is 177 cm³/mol. The molecule has 5 nitrogen and oxygen atoms in total. The number of carbonyl (C=O) groups is 2. The summed E-state index contributed by atoms with van der Waals surface area (Å²) in [6, 6.07) is 9.63. The smallest absolute Gasteiger partial charge is 0.335 e. The van der Waals surface area contributed by atoms with E-state index in [4.69, 9.17) is 14.6 Å². The van der Waals surface area contributed by atoms with Gasteiger partial charge in [0.15, 0.2) is 0 Å². The number of aliphatic hydroxyl groups excluding tert-OH is 1. The van der Waals surface area contributed by atoms with Crippen molar-refractivity contribution in [2.75, 3.05) is 19.8 Å². The zero-order valence-electron chi connectivity index (χ0n) is 27.6. The summed E-state index contributed by atoms with van der Waals surface area (Å²) in [6.45, 7) is 11.1. The Labute approximate surface area is 266 Å². The fourth-order valence-corrected chi connectivity index (χ4v) is 8.38. The number of carbonyl (C=O) groups excluding carboxylic acids is 2. The molecule has 244 valence electrons. The van der Waals surface area contributed by atoms with E-state index in [9.17, 15) is 9.59 Å². The van der Waals surface area contributed by atoms with Crippen molar-refractivity contribution >= 4 is 11.9 Å². The van der Waals surface area contributed by atoms with Crippen LogP contribution in [0.2, 0.25) is 0 Å². The second kappa shape index (κ2) is 17.3. The Bertz CT molecular complexity index is 1070. The molecule has 44 heavy (non-hydrogen) atoms. The molecule has 1 aromatic carbocycles. The number of rotatable bonds is 14. The van der Waals surface area contributed by atoms with E-state index in [2.05, 4.69) is 44.3 Å². The summed E-state index contributed by atoms with van der Waals surface area (Å²) >= 11 is 0. The average Bonchev–Trinajstić information content (AvgIpc) is 3.06. The lowest BCUT2D eigenvalue weighted by Crippen LogP contribution is -2.26. The predicted octanol–water partition coefficient (Wildman–Crippen LogP) is 9.06. The van der Waals surface area contributed by atoms with Crippen LogP contribution in [0.25, 0.3) is 0 Å². The molecule has 1 atom stereocenters. The van der Waals surface area contributed by atoms with Crippen molar-refractivity contribution in [1.29, 1.82) is 0 Å². The Morgan fingerprint density at radius 3 is 1.68 bits per heavy atom. The van der Waals surface area contributed by atoms with Gasteiger partial charge in [-0.1, -0.05) is 70.0 Å². The first kappa shape index (κ1) is 34.5. The van der Waals surface area contributed by atoms with Crippen LogP contribution >= 0.6 is 0 Å². The van der Waals surface area contributed by atoms with Gasteiger partial charge in [-0.3, -0.25) is 0 Å². The summed E-state index contributed by atoms with van der Waals surface area (Å²) in [5.41, 5.74) is 3.39. The van der Waals surface area contributed by atoms with Crippen molar-refractivity contribution < 1.29 is 24.2 Å². The van der Waals surface area contributed by atoms with E-state index >= 15 is 0 Å². The summed E-state index contributed by atoms with van der Waals surface area (Å²) in [7, 11) is 0. The topological polar surface area (TPSA) is 72.8 Å². The maximum atomic E-state index is 12.0. The van der Waals surface area contributed by atoms with E-state index in [1.165, 1.54) is 75.3 Å². The summed E-state index contributed by atoms with van der Waals surface area (Å²) in [4.78, 5) is 24.0. The van der Waals surface area contributed by atoms with Crippen LogP contribution < -0.4 is 0 Å². The van der Waals surface area contributed by atoms with Gasteiger partial charge in [0, 0.05) is 11.5 Å². The van der Waals surface area contributed by atoms with Gasteiger partial charge in [0.2, 0.25) is 0 Å². The zero-order valence-corrected chi connectivity index (χ0v) is 27.6. The zero-order chi connectivity index (χ0) is 31.5. The molecule has 0 aromatic heterocycles. The monoisotopic (exact) mass is 606 g/mol. The van der Waals surface area contributed by atoms with E-state index < -0.39 is 18.5 Å². The van der Waals surface area contributed by atoms with Crippen LogP contribution in [0.1, 0.15) is 133 Å². The normalized spacial score (nSPS) is 28.1. The number of aliphatic hydroxyl groups is 1. The number of esters is 2. The molecule has 5 heteroatoms. The van der Waals surface area contributed by atoms with Crippen molar-refractivity contribution in [3.8, 4) is 0 Å². The number of ether oxygens (including phenoxy) is 2. The summed E-state index contributed by atoms with van der Waals surface area (Å²) in [6.07, 6.45) is 19.6. The van der Waals surface area contributed by atoms with Crippen molar-refractivity contribution in [3.63, 3.8) is 0 Å². The molecule has 3 fully saturated rings. The van der Waals surface area contributed by atoms with Gasteiger partial charge in [0.1, 0.15) is 0 Å². The molecule has 0 bridgehead atoms. The third kappa shape index (κ3) is 10.1. The van der Waals surface area contributed by atoms with Gasteiger partial charge in [-0.05, 0) is 124 Å². The fourth-order valence-electron chi connectivity index (χ4n) is 8.38. The van der Waals surface area contributed by atoms with Crippen molar-refractivity contribution in [2.24, 2.45) is 29.6 Å². The van der Waals surface area contributed by atoms with Crippen LogP contribution in [0.5, 0.6) is 0 Å². The summed E-state index contributed by atoms with van der Waals surface area (Å²) in [5, 5.41) is 9.16. The second-order valence-electron chi connectivity index (χ2n) is 14.4. The van der Waals surface area contributed by atoms with Gasteiger partial charge in [0.05, 0.1) is 25.4 Å². The molecule has 0 saturated heterocycles. The van der Waals surface area contributed by atoms with E-state index in [1.807, 2.05) is 0 Å². The Hall–Kier alpha value is -2.40. The molecule has 1 unspecified atom stereocenters. The SMILES string of the molecule is C=C(C)C(=O)OCC(COC(=O)C(=C)CO)CC1CCC(c2ccc(C3CCC(C4CCC(CCC)CC4)CC3)cc2)CC1. The minimum Gasteiger partial charge on any atom is -0.462 e. The molecule has 0 spiro atoms. The van der Waals surface area contributed by atoms with E-state index in [0.29, 0.717) is 17.4 Å². The molecule has 0 amide bonds. The van der Waals surface area contributed by atoms with E-state index in [0.717, 1.165) is 55.8 Å². The highest BCUT2D eigenvalue weighted by molar-refractivity contribution is 5.88. The van der Waals surface area contributed by atoms with Crippen LogP contribution in [0.3, 0.4) is 0 Å². The molecule has 0 aliphatic heterocycles. The number of benzene rings is 1. The van der Waals surface area contributed by atoms with E-state index in [1.54, 1.807) is 6.92 Å². The summed E-state index contributed by atoms with van der Waals surface area (Å²) in [5.74, 6) is 3.65. The molecular formula is C39H58O5. The van der Waals surface area contributed by atoms with Gasteiger partial charge in [-0.15, -0.1) is 0 Å². The number of hydrogen-bond acceptors (Lipinski definition) is 5. The van der Waals surface area contributed by atoms with Gasteiger partial charge >= 0.3 is 11.9 Å². The lowest BCUT2D eigenvalue weighted by molar-refractivity contribution is -0.144. The molecule has 4 rings (SSSR count). The minimum absolute atomic E-state index is 0.0294. The molecule has 1 N–H and O–H groups in total. The standard InChI is InChI=1S/C39H58O5/c1-5-6-29-7-11-32(12-8-29)34-15-19-36(20-16-34)37-21-17-35(18-22-37)33-13-9-30(10-14-33)23-31(25-43-38(41)27(2)3)26-44-39(42)28(4)24-40/h17-18,21-22,29-34,36,40H,2,4-16,19-20,23-26H2,1,3H3. The van der Waals surface area contributed by atoms with Gasteiger partial charge in [-0.25, -0.2) is 9.59 Å². The first-order chi connectivity index (χ1) is 21.3. The molecule has 3 saturated carbocycles. The quantitative estimate of drug-likeness (QED) is 0.169. The van der Waals surface area contributed by atoms with Crippen LogP contribution in [-0.2, 0) is 19.1 Å². The molecule has 0 radical (unpaired) electrons. The third-order valence-electron chi connectivity index (χ3n) is 11.1. The molecule has 0 heterocycles. The Morgan fingerprint density at radius 2 is 1.20 bits per heavy atom. The van der Waals surface area contributed by atoms with Crippen LogP contribution in [0.4, 0.5) is 0 Å². The Kier molecular flexibility index (Phi) is 13.6. The molecule has 3 aliphatic rings. The highest BCUT2D eigenvalue weighted by Gasteiger charge is 2.31. The van der Waals surface area contributed by atoms with Crippen LogP contribution in [-0.4, -0.2) is 36.9 Å². The largest absolute Gasteiger partial charge is 0.462 e. The molecule has 1 aromatic rings. The highest BCUT2D eigenvalue weighted by Crippen LogP contribution is 2.45. The first-order valence-electron chi connectivity index (χ1n) is 17.7. The number of hydrogen-bond donors (Lipinski definition) is 1. The second-order valence-corrected chi connectivity index (χ2v) is 14.4. The lowest BCUT2D eigenvalue weighted by Gasteiger charge is -2.38. The average molecular weight is 607 g/mol. The molecular weight excluding hydrogens is 548 g/mol. The highest BCUT2D eigenvalue weighted by atomic mass is 16.5. The maximum absolute atomic E-state index is 12.0. The summed E-state index contributed by atoms with van der Waals surface area (Å²) < 4.78 is 10.8. The maximum Gasteiger partial charge on any atom is 0.335 e. The van der Waals surface area contributed by atoms with Crippen LogP contribution in [0.15, 0.2) is 48.6 Å². The van der Waals surface area contributed by atoms with Crippen molar-refractivity contribution in [2.45, 2.75) is 122 Å². The van der Waals surface area contributed by atoms with Gasteiger partial charge in [-0.2, -0.15) is 0 Å². The van der Waals surface area contributed by atoms with Crippen molar-refractivity contribution in [3.05, 3.63) is 59.7 Å². The first-order valence-corrected chi connectivity index (χ1v) is 17.7. The third-order valence-corrected chi connectivity index (χ3v) is 11.1. The Balaban J connectivity index is 1.21. The van der Waals surface area contributed by atoms with Crippen molar-refractivity contribution in [1.82, 2.24) is 0 Å². The van der Waals surface area contributed by atoms with E-state index in [-0.39, 0.29) is 24.7 Å². The lowest BCUT2D eigenvalue weighted by atomic mass is 9.68. The van der Waals surface area contributed by atoms with Gasteiger partial charge < -0.3 is 14.6 Å². The Morgan fingerprint density at radius 1 is 0.750 bits per heavy atom.